The first kappa shape index (κ1) is 8.57. The smallest absolute Gasteiger partial charge is 0.223 e. The second kappa shape index (κ2) is 3.24. The fraction of sp³-hybridized carbons (Fsp3) is 0.889. The van der Waals surface area contributed by atoms with Gasteiger partial charge in [0, 0.05) is 12.0 Å². The van der Waals surface area contributed by atoms with Crippen LogP contribution in [0, 0.1) is 11.8 Å². The number of carbonyl (C=O) groups excluding carboxylic acids is 1. The minimum atomic E-state index is 0.256. The largest absolute Gasteiger partial charge is 0.353 e. The first-order valence-corrected chi connectivity index (χ1v) is 4.45. The van der Waals surface area contributed by atoms with Crippen molar-refractivity contribution in [3.63, 3.8) is 0 Å². The maximum absolute atomic E-state index is 11.3. The number of nitrogens with one attached hydrogen (secondary N) is 1. The summed E-state index contributed by atoms with van der Waals surface area (Å²) in [6.45, 7) is 6.26. The summed E-state index contributed by atoms with van der Waals surface area (Å²) in [5, 5.41) is 2.98. The minimum Gasteiger partial charge on any atom is -0.353 e. The van der Waals surface area contributed by atoms with Crippen molar-refractivity contribution in [2.75, 3.05) is 0 Å². The van der Waals surface area contributed by atoms with Crippen LogP contribution in [0.25, 0.3) is 0 Å². The predicted octanol–water partition coefficient (Wildman–Crippen LogP) is 1.56. The molecule has 64 valence electrons. The zero-order valence-electron chi connectivity index (χ0n) is 7.55. The summed E-state index contributed by atoms with van der Waals surface area (Å²) in [5.74, 6) is 1.20. The highest BCUT2D eigenvalue weighted by atomic mass is 16.2. The highest BCUT2D eigenvalue weighted by Crippen LogP contribution is 2.37. The molecule has 2 nitrogen and oxygen atoms in total. The summed E-state index contributed by atoms with van der Waals surface area (Å²) in [4.78, 5) is 11.3. The molecule has 3 atom stereocenters. The Labute approximate surface area is 68.4 Å². The number of amides is 1. The summed E-state index contributed by atoms with van der Waals surface area (Å²) in [6.07, 6.45) is 2.11. The zero-order chi connectivity index (χ0) is 8.43. The van der Waals surface area contributed by atoms with Gasteiger partial charge >= 0.3 is 0 Å². The highest BCUT2D eigenvalue weighted by Gasteiger charge is 2.39. The van der Waals surface area contributed by atoms with Crippen LogP contribution in [0.5, 0.6) is 0 Å². The fourth-order valence-corrected chi connectivity index (χ4v) is 1.14. The third kappa shape index (κ3) is 2.21. The van der Waals surface area contributed by atoms with Gasteiger partial charge in [-0.2, -0.15) is 0 Å². The molecule has 1 rings (SSSR count). The van der Waals surface area contributed by atoms with Gasteiger partial charge in [-0.1, -0.05) is 13.8 Å². The van der Waals surface area contributed by atoms with E-state index in [0.717, 1.165) is 12.8 Å². The standard InChI is InChI=1S/C9H17NO/c1-4-7(3)10-9(11)8-5-6(8)2/h6-8H,4-5H2,1-3H3,(H,10,11)/t6-,7?,8-/m1/s1. The summed E-state index contributed by atoms with van der Waals surface area (Å²) < 4.78 is 0. The van der Waals surface area contributed by atoms with Gasteiger partial charge < -0.3 is 5.32 Å². The van der Waals surface area contributed by atoms with Gasteiger partial charge in [0.2, 0.25) is 5.91 Å². The van der Waals surface area contributed by atoms with E-state index in [1.807, 2.05) is 6.92 Å². The Bertz CT molecular complexity index is 156. The van der Waals surface area contributed by atoms with Crippen molar-refractivity contribution in [2.45, 2.75) is 39.7 Å². The molecule has 1 aliphatic rings. The van der Waals surface area contributed by atoms with Crippen molar-refractivity contribution >= 4 is 5.91 Å². The molecule has 0 aromatic rings. The van der Waals surface area contributed by atoms with Crippen LogP contribution in [-0.4, -0.2) is 11.9 Å². The third-order valence-corrected chi connectivity index (χ3v) is 2.45. The molecule has 1 N–H and O–H groups in total. The van der Waals surface area contributed by atoms with Crippen LogP contribution in [0.15, 0.2) is 0 Å². The van der Waals surface area contributed by atoms with Crippen LogP contribution < -0.4 is 5.32 Å². The number of carbonyl (C=O) groups is 1. The molecule has 1 unspecified atom stereocenters. The summed E-state index contributed by atoms with van der Waals surface area (Å²) in [5.41, 5.74) is 0. The maximum atomic E-state index is 11.3. The summed E-state index contributed by atoms with van der Waals surface area (Å²) in [7, 11) is 0. The average Bonchev–Trinajstić information content (AvgIpc) is 2.66. The van der Waals surface area contributed by atoms with E-state index in [4.69, 9.17) is 0 Å². The van der Waals surface area contributed by atoms with E-state index in [1.165, 1.54) is 0 Å². The van der Waals surface area contributed by atoms with Gasteiger partial charge in [0.25, 0.3) is 0 Å². The molecular formula is C9H17NO. The Hall–Kier alpha value is -0.530. The van der Waals surface area contributed by atoms with Crippen LogP contribution in [0.2, 0.25) is 0 Å². The lowest BCUT2D eigenvalue weighted by molar-refractivity contribution is -0.123. The van der Waals surface area contributed by atoms with Crippen LogP contribution in [-0.2, 0) is 4.79 Å². The summed E-state index contributed by atoms with van der Waals surface area (Å²) >= 11 is 0. The molecule has 0 heterocycles. The van der Waals surface area contributed by atoms with Gasteiger partial charge in [-0.15, -0.1) is 0 Å². The van der Waals surface area contributed by atoms with Crippen molar-refractivity contribution < 1.29 is 4.79 Å². The van der Waals surface area contributed by atoms with Gasteiger partial charge in [-0.25, -0.2) is 0 Å². The topological polar surface area (TPSA) is 29.1 Å². The predicted molar refractivity (Wildman–Crippen MR) is 45.2 cm³/mol. The van der Waals surface area contributed by atoms with Gasteiger partial charge in [0.15, 0.2) is 0 Å². The van der Waals surface area contributed by atoms with Crippen LogP contribution >= 0.6 is 0 Å². The Balaban J connectivity index is 2.21. The first-order valence-electron chi connectivity index (χ1n) is 4.45. The minimum absolute atomic E-state index is 0.256. The van der Waals surface area contributed by atoms with Crippen molar-refractivity contribution in [3.8, 4) is 0 Å². The van der Waals surface area contributed by atoms with E-state index in [2.05, 4.69) is 19.2 Å². The third-order valence-electron chi connectivity index (χ3n) is 2.45. The molecule has 2 heteroatoms. The lowest BCUT2D eigenvalue weighted by Gasteiger charge is -2.10. The zero-order valence-corrected chi connectivity index (χ0v) is 7.55. The van der Waals surface area contributed by atoms with Crippen molar-refractivity contribution in [3.05, 3.63) is 0 Å². The second-order valence-corrected chi connectivity index (χ2v) is 3.64. The van der Waals surface area contributed by atoms with E-state index in [1.54, 1.807) is 0 Å². The van der Waals surface area contributed by atoms with Crippen molar-refractivity contribution in [1.82, 2.24) is 5.32 Å². The molecule has 1 fully saturated rings. The van der Waals surface area contributed by atoms with E-state index >= 15 is 0 Å². The van der Waals surface area contributed by atoms with Gasteiger partial charge in [-0.3, -0.25) is 4.79 Å². The molecular weight excluding hydrogens is 138 g/mol. The average molecular weight is 155 g/mol. The fourth-order valence-electron chi connectivity index (χ4n) is 1.14. The van der Waals surface area contributed by atoms with Gasteiger partial charge in [0.1, 0.15) is 0 Å². The molecule has 0 bridgehead atoms. The Morgan fingerprint density at radius 3 is 2.64 bits per heavy atom. The van der Waals surface area contributed by atoms with Gasteiger partial charge in [-0.05, 0) is 25.7 Å². The molecule has 1 amide bonds. The molecule has 1 saturated carbocycles. The van der Waals surface area contributed by atoms with Gasteiger partial charge in [0.05, 0.1) is 0 Å². The molecule has 0 aliphatic heterocycles. The van der Waals surface area contributed by atoms with Crippen LogP contribution in [0.4, 0.5) is 0 Å². The Morgan fingerprint density at radius 2 is 2.27 bits per heavy atom. The van der Waals surface area contributed by atoms with E-state index in [9.17, 15) is 4.79 Å². The molecule has 0 saturated heterocycles. The lowest BCUT2D eigenvalue weighted by Crippen LogP contribution is -2.33. The van der Waals surface area contributed by atoms with E-state index < -0.39 is 0 Å². The first-order chi connectivity index (χ1) is 5.15. The second-order valence-electron chi connectivity index (χ2n) is 3.64. The number of rotatable bonds is 3. The quantitative estimate of drug-likeness (QED) is 0.658. The summed E-state index contributed by atoms with van der Waals surface area (Å²) in [6, 6.07) is 0.343. The molecule has 1 aliphatic carbocycles. The SMILES string of the molecule is CCC(C)NC(=O)[C@@H]1C[C@H]1C. The maximum Gasteiger partial charge on any atom is 0.223 e. The van der Waals surface area contributed by atoms with Crippen LogP contribution in [0.1, 0.15) is 33.6 Å². The van der Waals surface area contributed by atoms with E-state index in [-0.39, 0.29) is 5.91 Å². The normalized spacial score (nSPS) is 31.2. The number of hydrogen-bond acceptors (Lipinski definition) is 1. The molecule has 0 radical (unpaired) electrons. The molecule has 0 aromatic heterocycles. The monoisotopic (exact) mass is 155 g/mol. The van der Waals surface area contributed by atoms with Crippen molar-refractivity contribution in [1.29, 1.82) is 0 Å². The van der Waals surface area contributed by atoms with Crippen molar-refractivity contribution in [2.24, 2.45) is 11.8 Å². The number of hydrogen-bond donors (Lipinski definition) is 1. The lowest BCUT2D eigenvalue weighted by atomic mass is 10.2. The molecule has 0 aromatic carbocycles. The molecule has 0 spiro atoms. The Morgan fingerprint density at radius 1 is 1.73 bits per heavy atom. The molecule has 11 heavy (non-hydrogen) atoms. The van der Waals surface area contributed by atoms with Crippen LogP contribution in [0.3, 0.4) is 0 Å². The highest BCUT2D eigenvalue weighted by molar-refractivity contribution is 5.81. The Kier molecular flexibility index (Phi) is 2.53. The van der Waals surface area contributed by atoms with E-state index in [0.29, 0.717) is 17.9 Å².